The summed E-state index contributed by atoms with van der Waals surface area (Å²) in [5.74, 6) is 0. The molecule has 2 heterocycles. The second-order valence-corrected chi connectivity index (χ2v) is 7.62. The first kappa shape index (κ1) is 12.3. The van der Waals surface area contributed by atoms with E-state index in [4.69, 9.17) is 11.6 Å². The lowest BCUT2D eigenvalue weighted by molar-refractivity contribution is 0.269. The maximum absolute atomic E-state index is 12.2. The van der Waals surface area contributed by atoms with Crippen molar-refractivity contribution >= 4 is 33.0 Å². The van der Waals surface area contributed by atoms with E-state index < -0.39 is 10.0 Å². The summed E-state index contributed by atoms with van der Waals surface area (Å²) in [5, 5.41) is 0. The lowest BCUT2D eigenvalue weighted by Gasteiger charge is -2.31. The average molecular weight is 281 g/mol. The highest BCUT2D eigenvalue weighted by Gasteiger charge is 2.32. The Labute approximate surface area is 104 Å². The normalized spacial score (nSPS) is 23.5. The smallest absolute Gasteiger partial charge is 0.232 e. The first-order chi connectivity index (χ1) is 7.51. The van der Waals surface area contributed by atoms with Crippen molar-refractivity contribution < 1.29 is 8.42 Å². The molecule has 1 aromatic heterocycles. The number of halogens is 1. The maximum atomic E-state index is 12.2. The highest BCUT2D eigenvalue weighted by Crippen LogP contribution is 2.29. The Hall–Kier alpha value is -0.170. The summed E-state index contributed by atoms with van der Waals surface area (Å²) < 4.78 is 26.6. The van der Waals surface area contributed by atoms with E-state index >= 15 is 0 Å². The number of thiazole rings is 1. The summed E-state index contributed by atoms with van der Waals surface area (Å²) in [5.41, 5.74) is 0. The third-order valence-electron chi connectivity index (χ3n) is 2.76. The summed E-state index contributed by atoms with van der Waals surface area (Å²) in [6.45, 7) is 2.54. The zero-order chi connectivity index (χ0) is 11.8. The Morgan fingerprint density at radius 2 is 2.31 bits per heavy atom. The van der Waals surface area contributed by atoms with E-state index in [-0.39, 0.29) is 14.7 Å². The molecule has 0 amide bonds. The molecule has 16 heavy (non-hydrogen) atoms. The molecule has 0 aliphatic carbocycles. The average Bonchev–Trinajstić information content (AvgIpc) is 2.66. The summed E-state index contributed by atoms with van der Waals surface area (Å²) in [6, 6.07) is 0.0691. The third-order valence-corrected chi connectivity index (χ3v) is 6.33. The highest BCUT2D eigenvalue weighted by molar-refractivity contribution is 7.91. The Morgan fingerprint density at radius 1 is 1.56 bits per heavy atom. The summed E-state index contributed by atoms with van der Waals surface area (Å²) >= 11 is 6.68. The van der Waals surface area contributed by atoms with Crippen LogP contribution in [0, 0.1) is 0 Å². The largest absolute Gasteiger partial charge is 0.254 e. The number of nitrogens with zero attached hydrogens (tertiary/aromatic N) is 2. The van der Waals surface area contributed by atoms with E-state index in [1.165, 1.54) is 6.20 Å². The van der Waals surface area contributed by atoms with Gasteiger partial charge in [-0.2, -0.15) is 4.31 Å². The molecule has 1 unspecified atom stereocenters. The van der Waals surface area contributed by atoms with Gasteiger partial charge in [-0.15, -0.1) is 0 Å². The first-order valence-corrected chi connectivity index (χ1v) is 7.78. The van der Waals surface area contributed by atoms with Crippen molar-refractivity contribution in [1.82, 2.24) is 9.29 Å². The van der Waals surface area contributed by atoms with Crippen LogP contribution in [0.1, 0.15) is 26.2 Å². The Bertz CT molecular complexity index is 472. The van der Waals surface area contributed by atoms with Crippen molar-refractivity contribution in [1.29, 1.82) is 0 Å². The Kier molecular flexibility index (Phi) is 3.53. The molecule has 1 aliphatic heterocycles. The van der Waals surface area contributed by atoms with Gasteiger partial charge in [0.1, 0.15) is 0 Å². The molecule has 1 atom stereocenters. The standard InChI is InChI=1S/C9H13ClN2O2S2/c1-7-4-2-3-5-12(7)16(13,14)8-6-11-9(10)15-8/h6-7H,2-5H2,1H3. The van der Waals surface area contributed by atoms with Crippen molar-refractivity contribution in [3.8, 4) is 0 Å². The van der Waals surface area contributed by atoms with Gasteiger partial charge in [-0.25, -0.2) is 13.4 Å². The molecule has 4 nitrogen and oxygen atoms in total. The van der Waals surface area contributed by atoms with E-state index in [1.807, 2.05) is 6.92 Å². The number of piperidine rings is 1. The number of aromatic nitrogens is 1. The van der Waals surface area contributed by atoms with Gasteiger partial charge < -0.3 is 0 Å². The lowest BCUT2D eigenvalue weighted by Crippen LogP contribution is -2.41. The number of sulfonamides is 1. The van der Waals surface area contributed by atoms with Crippen molar-refractivity contribution in [2.24, 2.45) is 0 Å². The van der Waals surface area contributed by atoms with E-state index in [0.717, 1.165) is 30.6 Å². The monoisotopic (exact) mass is 280 g/mol. The van der Waals surface area contributed by atoms with Gasteiger partial charge in [0.15, 0.2) is 8.68 Å². The number of hydrogen-bond acceptors (Lipinski definition) is 4. The second kappa shape index (κ2) is 4.60. The Morgan fingerprint density at radius 3 is 2.88 bits per heavy atom. The molecule has 7 heteroatoms. The summed E-state index contributed by atoms with van der Waals surface area (Å²) in [6.07, 6.45) is 4.28. The molecule has 0 spiro atoms. The van der Waals surface area contributed by atoms with Gasteiger partial charge >= 0.3 is 0 Å². The van der Waals surface area contributed by atoms with Crippen LogP contribution < -0.4 is 0 Å². The summed E-state index contributed by atoms with van der Waals surface area (Å²) in [4.78, 5) is 3.78. The molecule has 1 aliphatic rings. The SMILES string of the molecule is CC1CCCCN1S(=O)(=O)c1cnc(Cl)s1. The van der Waals surface area contributed by atoms with Gasteiger partial charge in [0.25, 0.3) is 10.0 Å². The van der Waals surface area contributed by atoms with Crippen molar-refractivity contribution in [3.05, 3.63) is 10.7 Å². The van der Waals surface area contributed by atoms with Gasteiger partial charge in [0.2, 0.25) is 0 Å². The van der Waals surface area contributed by atoms with Gasteiger partial charge in [-0.3, -0.25) is 0 Å². The van der Waals surface area contributed by atoms with Crippen LogP contribution in [0.5, 0.6) is 0 Å². The van der Waals surface area contributed by atoms with Gasteiger partial charge in [-0.05, 0) is 19.8 Å². The fourth-order valence-electron chi connectivity index (χ4n) is 1.90. The van der Waals surface area contributed by atoms with Gasteiger partial charge in [0.05, 0.1) is 6.20 Å². The van der Waals surface area contributed by atoms with Gasteiger partial charge in [0, 0.05) is 12.6 Å². The summed E-state index contributed by atoms with van der Waals surface area (Å²) in [7, 11) is -3.39. The van der Waals surface area contributed by atoms with Crippen LogP contribution in [0.15, 0.2) is 10.4 Å². The van der Waals surface area contributed by atoms with Crippen LogP contribution in [0.2, 0.25) is 4.47 Å². The molecule has 1 aromatic rings. The second-order valence-electron chi connectivity index (χ2n) is 3.89. The van der Waals surface area contributed by atoms with E-state index in [9.17, 15) is 8.42 Å². The molecule has 0 aromatic carbocycles. The minimum atomic E-state index is -3.39. The van der Waals surface area contributed by atoms with E-state index in [0.29, 0.717) is 6.54 Å². The molecule has 1 saturated heterocycles. The van der Waals surface area contributed by atoms with E-state index in [1.54, 1.807) is 4.31 Å². The molecular weight excluding hydrogens is 268 g/mol. The fraction of sp³-hybridized carbons (Fsp3) is 0.667. The number of hydrogen-bond donors (Lipinski definition) is 0. The zero-order valence-corrected chi connectivity index (χ0v) is 11.3. The van der Waals surface area contributed by atoms with Crippen LogP contribution >= 0.6 is 22.9 Å². The third kappa shape index (κ3) is 2.25. The predicted molar refractivity (Wildman–Crippen MR) is 64.3 cm³/mol. The van der Waals surface area contributed by atoms with Crippen molar-refractivity contribution in [2.45, 2.75) is 36.4 Å². The van der Waals surface area contributed by atoms with Crippen molar-refractivity contribution in [2.75, 3.05) is 6.54 Å². The Balaban J connectivity index is 2.31. The van der Waals surface area contributed by atoms with Crippen molar-refractivity contribution in [3.63, 3.8) is 0 Å². The van der Waals surface area contributed by atoms with Crippen LogP contribution in [0.4, 0.5) is 0 Å². The number of rotatable bonds is 2. The van der Waals surface area contributed by atoms with Crippen LogP contribution in [0.3, 0.4) is 0 Å². The quantitative estimate of drug-likeness (QED) is 0.836. The van der Waals surface area contributed by atoms with Gasteiger partial charge in [-0.1, -0.05) is 29.4 Å². The minimum Gasteiger partial charge on any atom is -0.232 e. The van der Waals surface area contributed by atoms with Crippen LogP contribution in [-0.2, 0) is 10.0 Å². The molecule has 0 bridgehead atoms. The van der Waals surface area contributed by atoms with Crippen LogP contribution in [-0.4, -0.2) is 30.3 Å². The van der Waals surface area contributed by atoms with Crippen LogP contribution in [0.25, 0.3) is 0 Å². The molecule has 90 valence electrons. The molecule has 0 radical (unpaired) electrons. The lowest BCUT2D eigenvalue weighted by atomic mass is 10.1. The molecule has 0 N–H and O–H groups in total. The molecule has 0 saturated carbocycles. The topological polar surface area (TPSA) is 50.3 Å². The molecule has 2 rings (SSSR count). The first-order valence-electron chi connectivity index (χ1n) is 5.15. The molecular formula is C9H13ClN2O2S2. The zero-order valence-electron chi connectivity index (χ0n) is 8.89. The maximum Gasteiger partial charge on any atom is 0.254 e. The fourth-order valence-corrected chi connectivity index (χ4v) is 5.03. The minimum absolute atomic E-state index is 0.0691. The van der Waals surface area contributed by atoms with E-state index in [2.05, 4.69) is 4.98 Å². The predicted octanol–water partition coefficient (Wildman–Crippen LogP) is 2.36. The molecule has 1 fully saturated rings. The highest BCUT2D eigenvalue weighted by atomic mass is 35.5.